The molecule has 0 unspecified atom stereocenters. The highest BCUT2D eigenvalue weighted by Crippen LogP contribution is 2.54. The Bertz CT molecular complexity index is 802. The molecule has 138 valence electrons. The van der Waals surface area contributed by atoms with E-state index in [1.807, 2.05) is 77.9 Å². The van der Waals surface area contributed by atoms with Gasteiger partial charge < -0.3 is 4.57 Å². The average molecular weight is 370 g/mol. The maximum atomic E-state index is 13.9. The minimum atomic E-state index is -3.79. The van der Waals surface area contributed by atoms with Gasteiger partial charge in [-0.05, 0) is 55.9 Å². The summed E-state index contributed by atoms with van der Waals surface area (Å²) < 4.78 is 13.9. The second kappa shape index (κ2) is 7.72. The van der Waals surface area contributed by atoms with Crippen molar-refractivity contribution in [2.75, 3.05) is 6.16 Å². The van der Waals surface area contributed by atoms with E-state index in [1.54, 1.807) is 0 Å². The van der Waals surface area contributed by atoms with Crippen LogP contribution >= 0.6 is 7.14 Å². The summed E-state index contributed by atoms with van der Waals surface area (Å²) in [7, 11) is -3.79. The number of carbonyl (C=O) groups is 2. The lowest BCUT2D eigenvalue weighted by molar-refractivity contribution is 0.103. The average Bonchev–Trinajstić information content (AvgIpc) is 2.53. The molecule has 0 fully saturated rings. The summed E-state index contributed by atoms with van der Waals surface area (Å²) >= 11 is 0. The van der Waals surface area contributed by atoms with Crippen LogP contribution in [0.4, 0.5) is 0 Å². The zero-order chi connectivity index (χ0) is 19.6. The summed E-state index contributed by atoms with van der Waals surface area (Å²) in [5.74, 6) is -0.0256. The first-order chi connectivity index (χ1) is 12.1. The van der Waals surface area contributed by atoms with Gasteiger partial charge in [0.15, 0.2) is 0 Å². The van der Waals surface area contributed by atoms with Gasteiger partial charge >= 0.3 is 0 Å². The first-order valence-electron chi connectivity index (χ1n) is 8.91. The molecule has 0 N–H and O–H groups in total. The molecule has 0 aliphatic heterocycles. The molecule has 0 aliphatic carbocycles. The van der Waals surface area contributed by atoms with Crippen LogP contribution in [0.25, 0.3) is 0 Å². The fourth-order valence-corrected chi connectivity index (χ4v) is 6.41. The predicted octanol–water partition coefficient (Wildman–Crippen LogP) is 5.92. The molecule has 0 heterocycles. The quantitative estimate of drug-likeness (QED) is 0.593. The minimum absolute atomic E-state index is 0.0256. The molecule has 3 nitrogen and oxygen atoms in total. The van der Waals surface area contributed by atoms with Crippen LogP contribution in [-0.4, -0.2) is 17.2 Å². The lowest BCUT2D eigenvalue weighted by Gasteiger charge is -2.21. The lowest BCUT2D eigenvalue weighted by Crippen LogP contribution is -2.19. The molecule has 2 aromatic rings. The fourth-order valence-electron chi connectivity index (χ4n) is 3.44. The van der Waals surface area contributed by atoms with Crippen LogP contribution in [0.3, 0.4) is 0 Å². The van der Waals surface area contributed by atoms with E-state index in [9.17, 15) is 14.2 Å². The molecule has 0 atom stereocenters. The molecule has 2 rings (SSSR count). The molecule has 0 amide bonds. The van der Waals surface area contributed by atoms with Crippen LogP contribution < -0.4 is 0 Å². The summed E-state index contributed by atoms with van der Waals surface area (Å²) in [6, 6.07) is 11.0. The molecule has 0 aromatic heterocycles. The number of benzene rings is 2. The van der Waals surface area contributed by atoms with Crippen molar-refractivity contribution in [2.24, 2.45) is 5.92 Å². The predicted molar refractivity (Wildman–Crippen MR) is 108 cm³/mol. The molecule has 0 saturated carbocycles. The van der Waals surface area contributed by atoms with Crippen molar-refractivity contribution < 1.29 is 14.2 Å². The Kier molecular flexibility index (Phi) is 6.03. The van der Waals surface area contributed by atoms with Gasteiger partial charge in [0.25, 0.3) is 0 Å². The summed E-state index contributed by atoms with van der Waals surface area (Å²) in [4.78, 5) is 26.8. The highest BCUT2D eigenvalue weighted by atomic mass is 31.2. The van der Waals surface area contributed by atoms with Gasteiger partial charge in [-0.15, -0.1) is 0 Å². The van der Waals surface area contributed by atoms with Crippen molar-refractivity contribution >= 4 is 18.2 Å². The van der Waals surface area contributed by atoms with Gasteiger partial charge in [-0.2, -0.15) is 0 Å². The van der Waals surface area contributed by atoms with E-state index in [4.69, 9.17) is 0 Å². The first-order valence-corrected chi connectivity index (χ1v) is 10.8. The van der Waals surface area contributed by atoms with Gasteiger partial charge in [-0.25, -0.2) is 0 Å². The largest absolute Gasteiger partial charge is 0.307 e. The summed E-state index contributed by atoms with van der Waals surface area (Å²) in [6.45, 7) is 11.1. The van der Waals surface area contributed by atoms with Crippen LogP contribution in [0.15, 0.2) is 36.4 Å². The van der Waals surface area contributed by atoms with E-state index in [-0.39, 0.29) is 12.1 Å². The van der Waals surface area contributed by atoms with E-state index >= 15 is 0 Å². The van der Waals surface area contributed by atoms with Crippen molar-refractivity contribution in [3.05, 3.63) is 69.8 Å². The smallest absolute Gasteiger partial charge is 0.229 e. The van der Waals surface area contributed by atoms with E-state index in [2.05, 4.69) is 0 Å². The summed E-state index contributed by atoms with van der Waals surface area (Å²) in [6.07, 6.45) is 0.0895. The Labute approximate surface area is 156 Å². The number of hydrogen-bond acceptors (Lipinski definition) is 3. The van der Waals surface area contributed by atoms with Crippen LogP contribution in [0.1, 0.15) is 56.8 Å². The summed E-state index contributed by atoms with van der Waals surface area (Å²) in [5.41, 5.74) is 2.87. The van der Waals surface area contributed by atoms with E-state index in [0.717, 1.165) is 22.3 Å². The first kappa shape index (κ1) is 20.3. The van der Waals surface area contributed by atoms with Gasteiger partial charge in [0.2, 0.25) is 18.2 Å². The van der Waals surface area contributed by atoms with E-state index in [1.165, 1.54) is 0 Å². The SMILES string of the molecule is Cc1cccc(C)c1C(=O)P(=O)(CC(C)C)C(=O)c1c(C)cccc1C. The maximum Gasteiger partial charge on any atom is 0.229 e. The van der Waals surface area contributed by atoms with Crippen LogP contribution in [0.2, 0.25) is 0 Å². The van der Waals surface area contributed by atoms with Gasteiger partial charge in [0, 0.05) is 17.3 Å². The topological polar surface area (TPSA) is 51.2 Å². The van der Waals surface area contributed by atoms with Crippen LogP contribution in [0.5, 0.6) is 0 Å². The highest BCUT2D eigenvalue weighted by Gasteiger charge is 2.43. The monoisotopic (exact) mass is 370 g/mol. The second-order valence-corrected chi connectivity index (χ2v) is 10.1. The Balaban J connectivity index is 2.68. The molecule has 0 radical (unpaired) electrons. The molecule has 0 bridgehead atoms. The minimum Gasteiger partial charge on any atom is -0.307 e. The standard InChI is InChI=1S/C22H27O3P/c1-14(2)13-26(25,21(23)19-15(3)9-7-10-16(19)4)22(24)20-17(5)11-8-12-18(20)6/h7-12,14H,13H2,1-6H3. The molecule has 0 aliphatic rings. The van der Waals surface area contributed by atoms with Gasteiger partial charge in [0.05, 0.1) is 0 Å². The Morgan fingerprint density at radius 1 is 0.769 bits per heavy atom. The Hall–Kier alpha value is -1.99. The van der Waals surface area contributed by atoms with Crippen molar-refractivity contribution in [3.8, 4) is 0 Å². The van der Waals surface area contributed by atoms with Gasteiger partial charge in [0.1, 0.15) is 0 Å². The number of aryl methyl sites for hydroxylation is 4. The fraction of sp³-hybridized carbons (Fsp3) is 0.364. The Morgan fingerprint density at radius 3 is 1.35 bits per heavy atom. The van der Waals surface area contributed by atoms with Gasteiger partial charge in [-0.3, -0.25) is 9.59 Å². The van der Waals surface area contributed by atoms with Crippen molar-refractivity contribution in [1.29, 1.82) is 0 Å². The van der Waals surface area contributed by atoms with Gasteiger partial charge in [-0.1, -0.05) is 50.2 Å². The van der Waals surface area contributed by atoms with Crippen LogP contribution in [0, 0.1) is 33.6 Å². The van der Waals surface area contributed by atoms with Crippen molar-refractivity contribution in [2.45, 2.75) is 41.5 Å². The zero-order valence-electron chi connectivity index (χ0n) is 16.4. The number of rotatable bonds is 6. The van der Waals surface area contributed by atoms with Crippen molar-refractivity contribution in [3.63, 3.8) is 0 Å². The normalized spacial score (nSPS) is 11.7. The molecule has 2 aromatic carbocycles. The molecular weight excluding hydrogens is 343 g/mol. The highest BCUT2D eigenvalue weighted by molar-refractivity contribution is 7.95. The molecule has 26 heavy (non-hydrogen) atoms. The third-order valence-electron chi connectivity index (χ3n) is 4.67. The van der Waals surface area contributed by atoms with Crippen molar-refractivity contribution in [1.82, 2.24) is 0 Å². The third-order valence-corrected chi connectivity index (χ3v) is 7.67. The second-order valence-electron chi connectivity index (χ2n) is 7.46. The zero-order valence-corrected chi connectivity index (χ0v) is 17.3. The number of carbonyl (C=O) groups excluding carboxylic acids is 2. The maximum absolute atomic E-state index is 13.9. The van der Waals surface area contributed by atoms with Crippen LogP contribution in [-0.2, 0) is 4.57 Å². The molecule has 4 heteroatoms. The number of hydrogen-bond donors (Lipinski definition) is 0. The Morgan fingerprint density at radius 2 is 1.08 bits per heavy atom. The molecule has 0 saturated heterocycles. The van der Waals surface area contributed by atoms with E-state index < -0.39 is 18.2 Å². The molecular formula is C22H27O3P. The summed E-state index contributed by atoms with van der Waals surface area (Å²) in [5, 5.41) is 0. The van der Waals surface area contributed by atoms with E-state index in [0.29, 0.717) is 11.1 Å². The lowest BCUT2D eigenvalue weighted by atomic mass is 10.0. The molecule has 0 spiro atoms. The third kappa shape index (κ3) is 3.73.